The van der Waals surface area contributed by atoms with Crippen LogP contribution in [0.5, 0.6) is 0 Å². The molecule has 0 nitrogen and oxygen atoms in total. The average molecular weight is 709 g/mol. The first-order valence-corrected chi connectivity index (χ1v) is 22.3. The Bertz CT molecular complexity index is 1080. The van der Waals surface area contributed by atoms with Crippen molar-refractivity contribution < 1.29 is 48.0 Å². The topological polar surface area (TPSA) is 0 Å². The van der Waals surface area contributed by atoms with Gasteiger partial charge in [0.15, 0.2) is 0 Å². The number of fused-ring (bicyclic) bond motifs is 2. The molecule has 2 aromatic carbocycles. The van der Waals surface area contributed by atoms with Crippen LogP contribution in [0.3, 0.4) is 0 Å². The van der Waals surface area contributed by atoms with Crippen LogP contribution in [-0.2, 0) is 23.2 Å². The Morgan fingerprint density at radius 1 is 0.512 bits per heavy atom. The molecular formula is C36H52Cl2P2Zr. The molecule has 0 bridgehead atoms. The zero-order chi connectivity index (χ0) is 27.5. The Kier molecular flexibility index (Phi) is 18.5. The van der Waals surface area contributed by atoms with Crippen LogP contribution in [0, 0.1) is 0 Å². The average Bonchev–Trinajstić information content (AvgIpc) is 3.51. The van der Waals surface area contributed by atoms with E-state index in [-0.39, 0.29) is 40.7 Å². The maximum atomic E-state index is 2.72. The Morgan fingerprint density at radius 2 is 0.927 bits per heavy atom. The maximum Gasteiger partial charge on any atom is -1.00 e. The second-order valence-corrected chi connectivity index (χ2v) is 20.2. The van der Waals surface area contributed by atoms with E-state index in [2.05, 4.69) is 88.4 Å². The molecule has 0 saturated heterocycles. The molecule has 0 radical (unpaired) electrons. The van der Waals surface area contributed by atoms with E-state index in [9.17, 15) is 0 Å². The summed E-state index contributed by atoms with van der Waals surface area (Å²) in [6.45, 7) is 9.51. The molecule has 224 valence electrons. The van der Waals surface area contributed by atoms with Gasteiger partial charge in [0, 0.05) is 0 Å². The summed E-state index contributed by atoms with van der Waals surface area (Å²) in [7, 11) is -0.0244. The smallest absolute Gasteiger partial charge is 1.00 e. The van der Waals surface area contributed by atoms with Gasteiger partial charge in [0.1, 0.15) is 0 Å². The number of allylic oxidation sites excluding steroid dienone is 2. The van der Waals surface area contributed by atoms with Gasteiger partial charge in [-0.25, -0.2) is 0 Å². The zero-order valence-electron chi connectivity index (χ0n) is 26.0. The van der Waals surface area contributed by atoms with Gasteiger partial charge in [0.2, 0.25) is 0 Å². The molecule has 0 N–H and O–H groups in total. The molecule has 0 saturated carbocycles. The Labute approximate surface area is 279 Å². The number of hydrogen-bond donors (Lipinski definition) is 0. The van der Waals surface area contributed by atoms with Crippen molar-refractivity contribution >= 4 is 28.0 Å². The van der Waals surface area contributed by atoms with E-state index < -0.39 is 23.2 Å². The molecular weight excluding hydrogens is 656 g/mol. The van der Waals surface area contributed by atoms with E-state index in [4.69, 9.17) is 0 Å². The predicted octanol–water partition coefficient (Wildman–Crippen LogP) is 6.21. The van der Waals surface area contributed by atoms with Gasteiger partial charge >= 0.3 is 256 Å². The number of rotatable bonds is 18. The van der Waals surface area contributed by atoms with E-state index in [0.717, 1.165) is 7.25 Å². The fourth-order valence-electron chi connectivity index (χ4n) is 6.42. The molecule has 2 atom stereocenters. The van der Waals surface area contributed by atoms with Gasteiger partial charge in [-0.1, -0.05) is 0 Å². The molecule has 4 rings (SSSR count). The molecule has 0 spiro atoms. The molecule has 2 aliphatic rings. The molecule has 5 heteroatoms. The summed E-state index contributed by atoms with van der Waals surface area (Å²) in [6, 6.07) is 19.0. The number of benzene rings is 2. The van der Waals surface area contributed by atoms with E-state index in [0.29, 0.717) is 0 Å². The van der Waals surface area contributed by atoms with E-state index in [1.165, 1.54) is 88.9 Å². The summed E-state index contributed by atoms with van der Waals surface area (Å²) in [5, 5.41) is 3.81. The molecule has 2 aliphatic carbocycles. The van der Waals surface area contributed by atoms with E-state index in [1.807, 2.05) is 10.6 Å². The SMILES string of the molecule is CCCCCCP(CCCCCC)C1=Cc2ccccc2[CH]1[Zr+2][CH]1C(P(CCC)CCC)=Cc2ccccc21.[Cl-].[Cl-]. The van der Waals surface area contributed by atoms with Crippen molar-refractivity contribution in [3.8, 4) is 0 Å². The first-order valence-electron chi connectivity index (χ1n) is 16.1. The third kappa shape index (κ3) is 10.1. The Morgan fingerprint density at radius 3 is 1.34 bits per heavy atom. The molecule has 41 heavy (non-hydrogen) atoms. The summed E-state index contributed by atoms with van der Waals surface area (Å²) >= 11 is -0.822. The van der Waals surface area contributed by atoms with Crippen molar-refractivity contribution in [2.24, 2.45) is 0 Å². The predicted molar refractivity (Wildman–Crippen MR) is 176 cm³/mol. The fraction of sp³-hybridized carbons (Fsp3) is 0.556. The van der Waals surface area contributed by atoms with E-state index in [1.54, 1.807) is 22.3 Å². The van der Waals surface area contributed by atoms with Crippen LogP contribution in [0.4, 0.5) is 0 Å². The molecule has 0 heterocycles. The molecule has 2 aromatic rings. The molecule has 2 unspecified atom stereocenters. The van der Waals surface area contributed by atoms with Crippen LogP contribution in [-0.4, -0.2) is 24.6 Å². The largest absolute Gasteiger partial charge is 1.00 e. The number of hydrogen-bond acceptors (Lipinski definition) is 0. The Balaban J connectivity index is 0.00000294. The van der Waals surface area contributed by atoms with Crippen LogP contribution in [0.1, 0.15) is 121 Å². The van der Waals surface area contributed by atoms with Gasteiger partial charge in [0.05, 0.1) is 0 Å². The second kappa shape index (κ2) is 20.3. The summed E-state index contributed by atoms with van der Waals surface area (Å²) in [5.74, 6) is 0. The van der Waals surface area contributed by atoms with Crippen molar-refractivity contribution in [1.29, 1.82) is 0 Å². The minimum Gasteiger partial charge on any atom is -1.00 e. The van der Waals surface area contributed by atoms with Crippen molar-refractivity contribution in [2.75, 3.05) is 24.6 Å². The van der Waals surface area contributed by atoms with Crippen LogP contribution < -0.4 is 24.8 Å². The standard InChI is InChI=1S/C21H32P.C15H20P.2ClH.Zr/c1-3-5-7-11-15-22(16-12-8-6-4-2)21-17-19-13-9-10-14-20(19)18-21;1-3-9-16(10-4-2)15-11-13-7-5-6-8-14(13)12-15;;;/h9-10,13-14,17-18H,3-8,11-12,15-16H2,1-2H3;5-8,11-12H,3-4,9-10H2,1-2H3;2*1H;/q;;;;+2/p-2. The Hall–Kier alpha value is 0.243. The molecule has 0 aliphatic heterocycles. The normalized spacial score (nSPS) is 16.9. The van der Waals surface area contributed by atoms with Crippen molar-refractivity contribution in [1.82, 2.24) is 0 Å². The van der Waals surface area contributed by atoms with E-state index >= 15 is 0 Å². The van der Waals surface area contributed by atoms with Gasteiger partial charge < -0.3 is 24.8 Å². The third-order valence-electron chi connectivity index (χ3n) is 8.43. The van der Waals surface area contributed by atoms with Gasteiger partial charge in [0.25, 0.3) is 0 Å². The maximum absolute atomic E-state index is 2.72. The monoisotopic (exact) mass is 706 g/mol. The van der Waals surface area contributed by atoms with Gasteiger partial charge in [-0.15, -0.1) is 0 Å². The number of unbranched alkanes of at least 4 members (excludes halogenated alkanes) is 6. The van der Waals surface area contributed by atoms with Crippen LogP contribution in [0.2, 0.25) is 0 Å². The van der Waals surface area contributed by atoms with Crippen molar-refractivity contribution in [2.45, 2.75) is 99.2 Å². The van der Waals surface area contributed by atoms with Crippen molar-refractivity contribution in [3.63, 3.8) is 0 Å². The zero-order valence-corrected chi connectivity index (χ0v) is 31.7. The van der Waals surface area contributed by atoms with Crippen LogP contribution >= 0.6 is 15.8 Å². The van der Waals surface area contributed by atoms with Crippen molar-refractivity contribution in [3.05, 3.63) is 81.4 Å². The van der Waals surface area contributed by atoms with Gasteiger partial charge in [-0.05, 0) is 0 Å². The second-order valence-electron chi connectivity index (χ2n) is 11.5. The third-order valence-corrected chi connectivity index (χ3v) is 20.2. The quantitative estimate of drug-likeness (QED) is 0.128. The molecule has 0 fully saturated rings. The van der Waals surface area contributed by atoms with Crippen LogP contribution in [0.15, 0.2) is 59.2 Å². The van der Waals surface area contributed by atoms with Crippen LogP contribution in [0.25, 0.3) is 12.2 Å². The van der Waals surface area contributed by atoms with Gasteiger partial charge in [-0.3, -0.25) is 0 Å². The fourth-order valence-corrected chi connectivity index (χ4v) is 19.7. The van der Waals surface area contributed by atoms with Gasteiger partial charge in [-0.2, -0.15) is 0 Å². The first kappa shape index (κ1) is 37.4. The summed E-state index contributed by atoms with van der Waals surface area (Å²) in [4.78, 5) is 0. The molecule has 0 aromatic heterocycles. The minimum atomic E-state index is -0.822. The first-order chi connectivity index (χ1) is 19.2. The summed E-state index contributed by atoms with van der Waals surface area (Å²) in [5.41, 5.74) is 6.51. The summed E-state index contributed by atoms with van der Waals surface area (Å²) < 4.78 is 1.54. The molecule has 0 amide bonds. The minimum absolute atomic E-state index is 0. The summed E-state index contributed by atoms with van der Waals surface area (Å²) in [6.07, 6.45) is 25.1. The number of halogens is 2.